The van der Waals surface area contributed by atoms with Gasteiger partial charge in [-0.25, -0.2) is 0 Å². The van der Waals surface area contributed by atoms with E-state index in [0.29, 0.717) is 37.4 Å². The fraction of sp³-hybridized carbons (Fsp3) is 0.609. The van der Waals surface area contributed by atoms with Crippen molar-refractivity contribution >= 4 is 11.8 Å². The minimum Gasteiger partial charge on any atom is -0.333 e. The fourth-order valence-electron chi connectivity index (χ4n) is 5.86. The molecule has 0 spiro atoms. The molecule has 1 aromatic carbocycles. The van der Waals surface area contributed by atoms with Crippen molar-refractivity contribution in [2.24, 2.45) is 11.7 Å². The minimum atomic E-state index is -4.97. The lowest BCUT2D eigenvalue weighted by molar-refractivity contribution is -0.143. The number of fused-ring (bicyclic) bond motifs is 3. The largest absolute Gasteiger partial charge is 0.416 e. The number of hydrogen-bond donors (Lipinski definition) is 1. The number of hydrogen-bond acceptors (Lipinski definition) is 5. The van der Waals surface area contributed by atoms with Gasteiger partial charge in [-0.3, -0.25) is 14.5 Å². The zero-order valence-electron chi connectivity index (χ0n) is 18.9. The van der Waals surface area contributed by atoms with Gasteiger partial charge < -0.3 is 15.5 Å². The molecule has 1 saturated carbocycles. The molecule has 3 saturated heterocycles. The van der Waals surface area contributed by atoms with Crippen LogP contribution >= 0.6 is 0 Å². The van der Waals surface area contributed by atoms with Crippen LogP contribution in [-0.4, -0.2) is 69.8 Å². The van der Waals surface area contributed by atoms with Crippen LogP contribution < -0.4 is 5.73 Å². The Morgan fingerprint density at radius 1 is 1.08 bits per heavy atom. The Morgan fingerprint density at radius 2 is 1.72 bits per heavy atom. The Kier molecular flexibility index (Phi) is 5.75. The molecule has 3 heterocycles. The second-order valence-electron chi connectivity index (χ2n) is 10.0. The number of carbonyl (C=O) groups excluding carboxylic acids is 2. The third kappa shape index (κ3) is 4.30. The van der Waals surface area contributed by atoms with Crippen molar-refractivity contribution in [3.8, 4) is 6.07 Å². The van der Waals surface area contributed by atoms with Gasteiger partial charge in [0.25, 0.3) is 0 Å². The molecule has 194 valence electrons. The van der Waals surface area contributed by atoms with Crippen LogP contribution in [0.2, 0.25) is 0 Å². The van der Waals surface area contributed by atoms with Crippen LogP contribution in [0.5, 0.6) is 0 Å². The highest BCUT2D eigenvalue weighted by Gasteiger charge is 2.55. The number of rotatable bonds is 5. The molecule has 1 aliphatic carbocycles. The summed E-state index contributed by atoms with van der Waals surface area (Å²) in [6.07, 6.45) is -8.11. The number of likely N-dealkylation sites (tertiary alicyclic amines) is 3. The molecule has 4 aliphatic rings. The summed E-state index contributed by atoms with van der Waals surface area (Å²) >= 11 is 0. The highest BCUT2D eigenvalue weighted by atomic mass is 19.4. The number of nitrogens with two attached hydrogens (primary N) is 1. The van der Waals surface area contributed by atoms with Crippen molar-refractivity contribution in [3.63, 3.8) is 0 Å². The summed E-state index contributed by atoms with van der Waals surface area (Å²) in [5.41, 5.74) is 3.04. The van der Waals surface area contributed by atoms with Crippen molar-refractivity contribution in [2.45, 2.75) is 68.4 Å². The van der Waals surface area contributed by atoms with E-state index in [1.165, 1.54) is 4.90 Å². The Morgan fingerprint density at radius 3 is 2.28 bits per heavy atom. The molecule has 4 fully saturated rings. The van der Waals surface area contributed by atoms with E-state index in [1.807, 2.05) is 0 Å². The van der Waals surface area contributed by atoms with Gasteiger partial charge >= 0.3 is 12.4 Å². The van der Waals surface area contributed by atoms with Crippen LogP contribution in [0.1, 0.15) is 36.0 Å². The number of halogens is 6. The van der Waals surface area contributed by atoms with E-state index in [4.69, 9.17) is 5.73 Å². The van der Waals surface area contributed by atoms with Crippen molar-refractivity contribution in [2.75, 3.05) is 13.1 Å². The van der Waals surface area contributed by atoms with E-state index in [1.54, 1.807) is 9.80 Å². The van der Waals surface area contributed by atoms with Gasteiger partial charge in [0.05, 0.1) is 29.3 Å². The molecular formula is C23H23F6N5O2. The monoisotopic (exact) mass is 515 g/mol. The first kappa shape index (κ1) is 24.8. The number of amides is 2. The minimum absolute atomic E-state index is 0.0365. The molecule has 2 N–H and O–H groups in total. The lowest BCUT2D eigenvalue weighted by Gasteiger charge is -2.36. The Labute approximate surface area is 202 Å². The second-order valence-corrected chi connectivity index (χ2v) is 10.0. The molecule has 7 nitrogen and oxygen atoms in total. The van der Waals surface area contributed by atoms with Gasteiger partial charge in [-0.05, 0) is 48.9 Å². The first-order valence-electron chi connectivity index (χ1n) is 11.6. The number of piperazine rings is 1. The third-order valence-electron chi connectivity index (χ3n) is 7.65. The van der Waals surface area contributed by atoms with Crippen LogP contribution in [0.4, 0.5) is 26.3 Å². The normalized spacial score (nSPS) is 30.5. The maximum absolute atomic E-state index is 13.2. The summed E-state index contributed by atoms with van der Waals surface area (Å²) in [5, 5.41) is 9.31. The summed E-state index contributed by atoms with van der Waals surface area (Å²) in [7, 11) is 0. The van der Waals surface area contributed by atoms with Crippen LogP contribution in [-0.2, 0) is 28.5 Å². The van der Waals surface area contributed by atoms with Crippen molar-refractivity contribution in [1.82, 2.24) is 14.7 Å². The van der Waals surface area contributed by atoms with E-state index in [0.717, 1.165) is 6.42 Å². The predicted octanol–water partition coefficient (Wildman–Crippen LogP) is 2.35. The maximum Gasteiger partial charge on any atom is 0.416 e. The van der Waals surface area contributed by atoms with E-state index >= 15 is 0 Å². The van der Waals surface area contributed by atoms with Gasteiger partial charge in [0, 0.05) is 31.7 Å². The van der Waals surface area contributed by atoms with Gasteiger partial charge in [0.2, 0.25) is 11.8 Å². The number of nitrogens with zero attached hydrogens (tertiary/aromatic N) is 4. The molecule has 3 aliphatic heterocycles. The van der Waals surface area contributed by atoms with Gasteiger partial charge in [-0.2, -0.15) is 31.6 Å². The van der Waals surface area contributed by atoms with E-state index in [-0.39, 0.29) is 36.7 Å². The second kappa shape index (κ2) is 8.34. The van der Waals surface area contributed by atoms with E-state index in [2.05, 4.69) is 6.07 Å². The first-order chi connectivity index (χ1) is 16.8. The zero-order chi connectivity index (χ0) is 26.2. The van der Waals surface area contributed by atoms with E-state index < -0.39 is 53.6 Å². The van der Waals surface area contributed by atoms with Crippen LogP contribution in [0.25, 0.3) is 0 Å². The van der Waals surface area contributed by atoms with Gasteiger partial charge in [0.1, 0.15) is 6.04 Å². The molecule has 2 bridgehead atoms. The Balaban J connectivity index is 1.26. The van der Waals surface area contributed by atoms with Crippen molar-refractivity contribution in [1.29, 1.82) is 5.26 Å². The van der Waals surface area contributed by atoms with E-state index in [9.17, 15) is 41.2 Å². The Bertz CT molecular complexity index is 1100. The van der Waals surface area contributed by atoms with Crippen LogP contribution in [0, 0.1) is 17.2 Å². The molecule has 36 heavy (non-hydrogen) atoms. The van der Waals surface area contributed by atoms with Gasteiger partial charge in [-0.1, -0.05) is 0 Å². The topological polar surface area (TPSA) is 93.7 Å². The molecular weight excluding hydrogens is 492 g/mol. The lowest BCUT2D eigenvalue weighted by atomic mass is 10.0. The molecule has 0 radical (unpaired) electrons. The summed E-state index contributed by atoms with van der Waals surface area (Å²) in [6, 6.07) is 0.968. The van der Waals surface area contributed by atoms with Crippen LogP contribution in [0.3, 0.4) is 0 Å². The van der Waals surface area contributed by atoms with Gasteiger partial charge in [-0.15, -0.1) is 0 Å². The lowest BCUT2D eigenvalue weighted by Crippen LogP contribution is -2.56. The van der Waals surface area contributed by atoms with Crippen molar-refractivity contribution < 1.29 is 35.9 Å². The molecule has 0 aromatic heterocycles. The summed E-state index contributed by atoms with van der Waals surface area (Å²) in [5.74, 6) is -0.435. The first-order valence-corrected chi connectivity index (χ1v) is 11.6. The molecule has 2 amide bonds. The summed E-state index contributed by atoms with van der Waals surface area (Å²) in [4.78, 5) is 30.5. The SMILES string of the molecule is N#CC1CC2C[C@@H]2N1C(=O)C(N)CN1CC2CC1C(=O)N2Cc1cc(C(F)(F)F)cc(C(F)(F)F)c1. The molecule has 13 heteroatoms. The Hall–Kier alpha value is -2.85. The summed E-state index contributed by atoms with van der Waals surface area (Å²) in [6.45, 7) is -0.00385. The quantitative estimate of drug-likeness (QED) is 0.608. The molecule has 1 aromatic rings. The fourth-order valence-corrected chi connectivity index (χ4v) is 5.86. The zero-order valence-corrected chi connectivity index (χ0v) is 18.9. The number of piperidine rings is 1. The number of alkyl halides is 6. The van der Waals surface area contributed by atoms with Crippen molar-refractivity contribution in [3.05, 3.63) is 34.9 Å². The van der Waals surface area contributed by atoms with Gasteiger partial charge in [0.15, 0.2) is 0 Å². The third-order valence-corrected chi connectivity index (χ3v) is 7.65. The smallest absolute Gasteiger partial charge is 0.333 e. The maximum atomic E-state index is 13.2. The average molecular weight is 515 g/mol. The number of nitriles is 1. The predicted molar refractivity (Wildman–Crippen MR) is 111 cm³/mol. The number of carbonyl (C=O) groups is 2. The summed E-state index contributed by atoms with van der Waals surface area (Å²) < 4.78 is 79.1. The molecule has 6 atom stereocenters. The highest BCUT2D eigenvalue weighted by molar-refractivity contribution is 5.87. The van der Waals surface area contributed by atoms with Crippen LogP contribution in [0.15, 0.2) is 18.2 Å². The molecule has 5 rings (SSSR count). The number of benzene rings is 1. The molecule has 5 unspecified atom stereocenters. The standard InChI is InChI=1S/C23H23F6N5O2/c24-22(25,26)13-1-11(2-14(5-13)23(27,28)29)8-33-16-6-19(21(33)36)32(9-16)10-17(31)20(35)34-15(7-30)3-12-4-18(12)34/h1-2,5,12,15-19H,3-4,6,8-10,31H2/t12?,15?,16?,17?,18-,19?/m0/s1. The average Bonchev–Trinajstić information content (AvgIpc) is 3.13. The highest BCUT2D eigenvalue weighted by Crippen LogP contribution is 2.48.